The molecular weight excluding hydrogens is 360 g/mol. The van der Waals surface area contributed by atoms with Gasteiger partial charge in [0.25, 0.3) is 0 Å². The zero-order chi connectivity index (χ0) is 20.0. The summed E-state index contributed by atoms with van der Waals surface area (Å²) in [4.78, 5) is 59.8. The lowest BCUT2D eigenvalue weighted by atomic mass is 10.1. The average molecular weight is 384 g/mol. The number of rotatable bonds is 8. The van der Waals surface area contributed by atoms with Crippen LogP contribution in [0.15, 0.2) is 0 Å². The van der Waals surface area contributed by atoms with Crippen molar-refractivity contribution in [3.63, 3.8) is 0 Å². The van der Waals surface area contributed by atoms with Crippen molar-refractivity contribution in [2.75, 3.05) is 19.6 Å². The van der Waals surface area contributed by atoms with Crippen molar-refractivity contribution in [2.24, 2.45) is 0 Å². The van der Waals surface area contributed by atoms with E-state index in [-0.39, 0.29) is 18.5 Å². The van der Waals surface area contributed by atoms with E-state index in [0.717, 1.165) is 13.0 Å². The van der Waals surface area contributed by atoms with E-state index >= 15 is 0 Å². The molecule has 3 unspecified atom stereocenters. The van der Waals surface area contributed by atoms with Gasteiger partial charge in [0, 0.05) is 6.54 Å². The Morgan fingerprint density at radius 3 is 2.41 bits per heavy atom. The van der Waals surface area contributed by atoms with Gasteiger partial charge in [-0.3, -0.25) is 19.2 Å². The number of carbonyl (C=O) groups is 5. The van der Waals surface area contributed by atoms with Gasteiger partial charge < -0.3 is 31.1 Å². The van der Waals surface area contributed by atoms with Gasteiger partial charge in [0.05, 0.1) is 19.0 Å². The summed E-state index contributed by atoms with van der Waals surface area (Å²) < 4.78 is 0. The van der Waals surface area contributed by atoms with Gasteiger partial charge in [0.2, 0.25) is 17.7 Å². The maximum absolute atomic E-state index is 12.4. The van der Waals surface area contributed by atoms with E-state index in [2.05, 4.69) is 16.0 Å². The summed E-state index contributed by atoms with van der Waals surface area (Å²) in [5.41, 5.74) is 0. The fourth-order valence-electron chi connectivity index (χ4n) is 3.28. The van der Waals surface area contributed by atoms with E-state index in [1.54, 1.807) is 0 Å². The molecule has 2 aliphatic heterocycles. The van der Waals surface area contributed by atoms with Gasteiger partial charge in [0.1, 0.15) is 12.1 Å². The highest BCUT2D eigenvalue weighted by atomic mass is 16.4. The summed E-state index contributed by atoms with van der Waals surface area (Å²) in [5, 5.41) is 25.5. The third-order valence-corrected chi connectivity index (χ3v) is 4.66. The predicted octanol–water partition coefficient (Wildman–Crippen LogP) is -2.11. The van der Waals surface area contributed by atoms with Gasteiger partial charge in [-0.15, -0.1) is 0 Å². The monoisotopic (exact) mass is 384 g/mol. The fourth-order valence-corrected chi connectivity index (χ4v) is 3.28. The molecule has 2 saturated heterocycles. The van der Waals surface area contributed by atoms with E-state index in [1.165, 1.54) is 4.90 Å². The third kappa shape index (κ3) is 5.64. The molecule has 2 rings (SSSR count). The Morgan fingerprint density at radius 1 is 1.07 bits per heavy atom. The largest absolute Gasteiger partial charge is 0.481 e. The molecule has 0 aromatic rings. The van der Waals surface area contributed by atoms with Crippen LogP contribution in [-0.4, -0.2) is 82.5 Å². The smallest absolute Gasteiger partial charge is 0.326 e. The van der Waals surface area contributed by atoms with Crippen molar-refractivity contribution in [1.82, 2.24) is 20.9 Å². The maximum atomic E-state index is 12.4. The van der Waals surface area contributed by atoms with Crippen LogP contribution < -0.4 is 16.0 Å². The molecule has 0 radical (unpaired) electrons. The van der Waals surface area contributed by atoms with Crippen LogP contribution in [0.4, 0.5) is 0 Å². The molecule has 150 valence electrons. The number of nitrogens with zero attached hydrogens (tertiary/aromatic N) is 1. The number of carboxylic acids is 2. The van der Waals surface area contributed by atoms with Crippen LogP contribution in [0.2, 0.25) is 0 Å². The lowest BCUT2D eigenvalue weighted by Gasteiger charge is -2.25. The van der Waals surface area contributed by atoms with Crippen LogP contribution in [0.3, 0.4) is 0 Å². The molecule has 3 amide bonds. The van der Waals surface area contributed by atoms with Gasteiger partial charge in [-0.05, 0) is 32.2 Å². The van der Waals surface area contributed by atoms with Gasteiger partial charge in [-0.2, -0.15) is 0 Å². The number of hydrogen-bond donors (Lipinski definition) is 5. The number of carboxylic acid groups (broad SMARTS) is 2. The molecule has 0 aromatic heterocycles. The van der Waals surface area contributed by atoms with Crippen molar-refractivity contribution < 1.29 is 34.2 Å². The molecule has 2 aliphatic rings. The number of amides is 3. The SMILES string of the molecule is O=C(O)CC(NC(=O)C1CCCN1C(=O)CNC(=O)C1CCCN1)C(=O)O. The fraction of sp³-hybridized carbons (Fsp3) is 0.688. The minimum absolute atomic E-state index is 0.252. The van der Waals surface area contributed by atoms with Crippen molar-refractivity contribution >= 4 is 29.7 Å². The molecule has 0 bridgehead atoms. The number of nitrogens with one attached hydrogen (secondary N) is 3. The molecule has 27 heavy (non-hydrogen) atoms. The first-order valence-corrected chi connectivity index (χ1v) is 8.85. The normalized spacial score (nSPS) is 22.9. The molecule has 11 heteroatoms. The van der Waals surface area contributed by atoms with Crippen molar-refractivity contribution in [1.29, 1.82) is 0 Å². The molecule has 3 atom stereocenters. The molecule has 2 fully saturated rings. The first-order valence-electron chi connectivity index (χ1n) is 8.85. The Hall–Kier alpha value is -2.69. The highest BCUT2D eigenvalue weighted by Gasteiger charge is 2.36. The first kappa shape index (κ1) is 20.6. The molecule has 0 spiro atoms. The standard InChI is InChI=1S/C16H24N4O7/c21-12(8-18-14(24)9-3-1-5-17-9)20-6-2-4-11(20)15(25)19-10(16(26)27)7-13(22)23/h9-11,17H,1-8H2,(H,18,24)(H,19,25)(H,22,23)(H,26,27). The molecular formula is C16H24N4O7. The average Bonchev–Trinajstić information content (AvgIpc) is 3.29. The van der Waals surface area contributed by atoms with Crippen molar-refractivity contribution in [3.05, 3.63) is 0 Å². The van der Waals surface area contributed by atoms with Crippen LogP contribution in [0.25, 0.3) is 0 Å². The van der Waals surface area contributed by atoms with Gasteiger partial charge in [-0.1, -0.05) is 0 Å². The lowest BCUT2D eigenvalue weighted by Crippen LogP contribution is -2.53. The van der Waals surface area contributed by atoms with Crippen LogP contribution in [0.5, 0.6) is 0 Å². The lowest BCUT2D eigenvalue weighted by molar-refractivity contribution is -0.148. The summed E-state index contributed by atoms with van der Waals surface area (Å²) in [5.74, 6) is -4.24. The van der Waals surface area contributed by atoms with Gasteiger partial charge in [-0.25, -0.2) is 4.79 Å². The van der Waals surface area contributed by atoms with E-state index in [0.29, 0.717) is 25.8 Å². The van der Waals surface area contributed by atoms with E-state index in [4.69, 9.17) is 10.2 Å². The highest BCUT2D eigenvalue weighted by molar-refractivity contribution is 5.93. The van der Waals surface area contributed by atoms with Crippen LogP contribution in [0, 0.1) is 0 Å². The minimum Gasteiger partial charge on any atom is -0.481 e. The number of likely N-dealkylation sites (tertiary alicyclic amines) is 1. The Kier molecular flexibility index (Phi) is 7.11. The summed E-state index contributed by atoms with van der Waals surface area (Å²) >= 11 is 0. The zero-order valence-electron chi connectivity index (χ0n) is 14.8. The molecule has 11 nitrogen and oxygen atoms in total. The second-order valence-electron chi connectivity index (χ2n) is 6.61. The summed E-state index contributed by atoms with van der Waals surface area (Å²) in [6.07, 6.45) is 1.73. The molecule has 2 heterocycles. The van der Waals surface area contributed by atoms with Gasteiger partial charge >= 0.3 is 11.9 Å². The molecule has 0 aliphatic carbocycles. The second kappa shape index (κ2) is 9.31. The Labute approximate surface area is 155 Å². The van der Waals surface area contributed by atoms with Crippen LogP contribution in [-0.2, 0) is 24.0 Å². The zero-order valence-corrected chi connectivity index (χ0v) is 14.8. The number of carbonyl (C=O) groups excluding carboxylic acids is 3. The van der Waals surface area contributed by atoms with E-state index in [9.17, 15) is 24.0 Å². The Morgan fingerprint density at radius 2 is 1.81 bits per heavy atom. The summed E-state index contributed by atoms with van der Waals surface area (Å²) in [6, 6.07) is -2.77. The molecule has 0 aromatic carbocycles. The Bertz CT molecular complexity index is 618. The van der Waals surface area contributed by atoms with E-state index in [1.807, 2.05) is 0 Å². The van der Waals surface area contributed by atoms with Crippen LogP contribution in [0.1, 0.15) is 32.1 Å². The predicted molar refractivity (Wildman–Crippen MR) is 90.6 cm³/mol. The topological polar surface area (TPSA) is 165 Å². The van der Waals surface area contributed by atoms with Gasteiger partial charge in [0.15, 0.2) is 0 Å². The minimum atomic E-state index is -1.57. The third-order valence-electron chi connectivity index (χ3n) is 4.66. The van der Waals surface area contributed by atoms with Crippen molar-refractivity contribution in [3.8, 4) is 0 Å². The first-order chi connectivity index (χ1) is 12.8. The second-order valence-corrected chi connectivity index (χ2v) is 6.61. The number of aliphatic carboxylic acids is 2. The van der Waals surface area contributed by atoms with Crippen LogP contribution >= 0.6 is 0 Å². The number of hydrogen-bond acceptors (Lipinski definition) is 6. The molecule has 5 N–H and O–H groups in total. The Balaban J connectivity index is 1.89. The molecule has 0 saturated carbocycles. The highest BCUT2D eigenvalue weighted by Crippen LogP contribution is 2.18. The quantitative estimate of drug-likeness (QED) is 0.317. The van der Waals surface area contributed by atoms with Crippen molar-refractivity contribution in [2.45, 2.75) is 50.2 Å². The summed E-state index contributed by atoms with van der Waals surface area (Å²) in [7, 11) is 0. The maximum Gasteiger partial charge on any atom is 0.326 e. The summed E-state index contributed by atoms with van der Waals surface area (Å²) in [6.45, 7) is 0.810. The van der Waals surface area contributed by atoms with E-state index < -0.39 is 42.3 Å².